The normalized spacial score (nSPS) is 22.1. The molecule has 0 saturated carbocycles. The molecule has 4 aliphatic heterocycles. The second-order valence-corrected chi connectivity index (χ2v) is 28.4. The predicted molar refractivity (Wildman–Crippen MR) is 457 cm³/mol. The third-order valence-corrected chi connectivity index (χ3v) is 18.0. The number of azide groups is 1. The van der Waals surface area contributed by atoms with Crippen molar-refractivity contribution in [1.29, 1.82) is 0 Å². The molecule has 0 spiro atoms. The average Bonchev–Trinajstić information content (AvgIpc) is 1.69. The molecule has 5 heterocycles. The molecule has 1 aromatic heterocycles. The fraction of sp³-hybridized carbons (Fsp3) is 0.604. The summed E-state index contributed by atoms with van der Waals surface area (Å²) in [6, 6.07) is 18.7. The van der Waals surface area contributed by atoms with Gasteiger partial charge in [0.15, 0.2) is 18.4 Å². The number of benzene rings is 2. The summed E-state index contributed by atoms with van der Waals surface area (Å²) >= 11 is 0. The maximum Gasteiger partial charge on any atom is 0.303 e. The molecule has 0 bridgehead atoms. The van der Waals surface area contributed by atoms with E-state index in [0.29, 0.717) is 13.2 Å². The van der Waals surface area contributed by atoms with E-state index in [1.54, 1.807) is 0 Å². The van der Waals surface area contributed by atoms with E-state index < -0.39 is 96.2 Å². The monoisotopic (exact) mass is 1900 g/mol. The van der Waals surface area contributed by atoms with Crippen molar-refractivity contribution >= 4 is 47.6 Å². The van der Waals surface area contributed by atoms with Crippen LogP contribution in [0.25, 0.3) is 10.4 Å². The first-order valence-corrected chi connectivity index (χ1v) is 41.2. The number of hydrogen-bond donors (Lipinski definition) is 2. The Balaban J connectivity index is 0. The van der Waals surface area contributed by atoms with Crippen molar-refractivity contribution < 1.29 is 180 Å². The Hall–Kier alpha value is -7.74. The number of aryl methyl sites for hydroxylation is 1. The number of carbonyl (C=O) groups excluding carboxylic acids is 8. The van der Waals surface area contributed by atoms with Gasteiger partial charge >= 0.3 is 35.8 Å². The van der Waals surface area contributed by atoms with Crippen LogP contribution in [-0.2, 0) is 199 Å². The predicted octanol–water partition coefficient (Wildman–Crippen LogP) is 11.4. The first-order chi connectivity index (χ1) is 59.0. The standard InChI is InChI=1S/C22H32N3O2.C17H20O4.C14H19N3O2.2C14H20NO8.C8H13.C2H6.2Y/c1-4-6-7-11-14-19-15-25(24-23-19)22-17(3)21(20(5-2)27-22)26-16-18-12-9-8-10-13-18;1-5-9-18-13-17(14-19-10-6-2,15-20-11-7-3)16-21-12-8-4;1-3-12-13(10(2)14(19-12)16-17-15)18-9-11-7-5-4-6-8-11;2*1-7(16)15-11-5-21-12(6-20-8(2)17)14(23-10(4)19)13(11)22-9(3)18;1-3-5-7-8-6-4-2;1-2;;/h8-10,12-13,15,17,20-22H,1,4-7,11,14,16H2,2-3H3;1-4H,9-16H2;4-8,10,12-14H,3,9H2,1-2H3;2*5,11-14H,6H2,1-4H3,(H,15,16);1H,2,4-8H2;1-2H3;;/q-1;;;3*-1;;;/t17?,20-,21-,22-;;10?,12-,13-,14-;2*11-,12+,13+,14-;;;;/m1.100..../s1. The van der Waals surface area contributed by atoms with Crippen LogP contribution in [0.3, 0.4) is 0 Å². The van der Waals surface area contributed by atoms with Gasteiger partial charge in [0.2, 0.25) is 11.8 Å². The molecule has 3 aromatic rings. The second-order valence-electron chi connectivity index (χ2n) is 28.4. The largest absolute Gasteiger partial charge is 0.542 e. The van der Waals surface area contributed by atoms with Crippen molar-refractivity contribution in [2.45, 2.75) is 273 Å². The Morgan fingerprint density at radius 2 is 0.912 bits per heavy atom. The van der Waals surface area contributed by atoms with Gasteiger partial charge in [-0.05, 0) is 60.8 Å². The molecule has 4 saturated heterocycles. The van der Waals surface area contributed by atoms with E-state index >= 15 is 0 Å². The minimum atomic E-state index is -1.04. The number of rotatable bonds is 41. The summed E-state index contributed by atoms with van der Waals surface area (Å²) in [7, 11) is 0. The molecule has 16 atom stereocenters. The number of nitrogens with zero attached hydrogens (tertiary/aromatic N) is 6. The van der Waals surface area contributed by atoms with Crippen LogP contribution >= 0.6 is 0 Å². The van der Waals surface area contributed by atoms with Gasteiger partial charge < -0.3 is 100 Å². The van der Waals surface area contributed by atoms with Gasteiger partial charge in [0.25, 0.3) is 0 Å². The summed E-state index contributed by atoms with van der Waals surface area (Å²) in [6.07, 6.45) is 34.4. The van der Waals surface area contributed by atoms with Gasteiger partial charge in [0, 0.05) is 144 Å². The molecular weight excluding hydrogens is 1770 g/mol. The Labute approximate surface area is 791 Å². The van der Waals surface area contributed by atoms with Gasteiger partial charge in [0.1, 0.15) is 70.3 Å². The van der Waals surface area contributed by atoms with E-state index in [4.69, 9.17) is 113 Å². The second kappa shape index (κ2) is 72.2. The van der Waals surface area contributed by atoms with Crippen molar-refractivity contribution in [2.24, 2.45) is 22.4 Å². The summed E-state index contributed by atoms with van der Waals surface area (Å²) in [4.78, 5) is 92.6. The smallest absolute Gasteiger partial charge is 0.303 e. The molecular formula is C91H130N8O24Y2-4. The third kappa shape index (κ3) is 50.6. The van der Waals surface area contributed by atoms with Gasteiger partial charge in [-0.1, -0.05) is 162 Å². The van der Waals surface area contributed by atoms with Crippen molar-refractivity contribution in [3.05, 3.63) is 121 Å². The SMILES string of the molecule is C#CCCCCC[CH2-].C#CCOCC(COCC#C)(COCC#C)COCC#C.CC.CC(=O)N[C@H]1[CH-]O[C@H](COC(C)=O)[C@H](OC(C)=O)[C@@H]1OC(C)=O.CC(=O)N[C@H]1[CH-]O[C@H](COC(C)=O)[C@H](OC(C)=O)[C@@H]1OC(C)=O.CC[C@H]1O[C@@H](N=[N+]=[N-])C(C)[C@H]1OCc1ccccc1.[CH2-]CCCCCc1cn([C@@H]2O[C@H](CC)[C@H](OCc3ccccc3)C2C)nn1.[Y].[Y]. The molecule has 0 aliphatic carbocycles. The molecule has 7 rings (SSSR count). The molecule has 32 nitrogen and oxygen atoms in total. The van der Waals surface area contributed by atoms with Crippen LogP contribution in [0, 0.1) is 106 Å². The van der Waals surface area contributed by atoms with E-state index in [1.807, 2.05) is 80.2 Å². The van der Waals surface area contributed by atoms with Crippen molar-refractivity contribution in [3.8, 4) is 61.7 Å². The van der Waals surface area contributed by atoms with E-state index in [-0.39, 0.29) is 186 Å². The molecule has 125 heavy (non-hydrogen) atoms. The van der Waals surface area contributed by atoms with Crippen LogP contribution < -0.4 is 10.6 Å². The van der Waals surface area contributed by atoms with E-state index in [9.17, 15) is 38.4 Å². The van der Waals surface area contributed by atoms with E-state index in [2.05, 4.69) is 107 Å². The topological polar surface area (TPSA) is 388 Å². The van der Waals surface area contributed by atoms with Crippen LogP contribution in [0.1, 0.15) is 191 Å². The van der Waals surface area contributed by atoms with Crippen LogP contribution in [0.2, 0.25) is 0 Å². The van der Waals surface area contributed by atoms with Gasteiger partial charge in [-0.3, -0.25) is 38.4 Å². The first kappa shape index (κ1) is 119. The Bertz CT molecular complexity index is 3620. The fourth-order valence-electron chi connectivity index (χ4n) is 12.5. The molecule has 2 radical (unpaired) electrons. The first-order valence-electron chi connectivity index (χ1n) is 41.2. The number of aromatic nitrogens is 3. The zero-order chi connectivity index (χ0) is 91.9. The summed E-state index contributed by atoms with van der Waals surface area (Å²) in [5.74, 6) is 8.15. The van der Waals surface area contributed by atoms with Gasteiger partial charge in [0.05, 0.1) is 81.4 Å². The Morgan fingerprint density at radius 3 is 1.26 bits per heavy atom. The van der Waals surface area contributed by atoms with Crippen LogP contribution in [0.15, 0.2) is 72.0 Å². The Morgan fingerprint density at radius 1 is 0.528 bits per heavy atom. The van der Waals surface area contributed by atoms with Crippen molar-refractivity contribution in [2.75, 3.05) is 66.1 Å². The fourth-order valence-corrected chi connectivity index (χ4v) is 12.5. The maximum absolute atomic E-state index is 11.3. The third-order valence-electron chi connectivity index (χ3n) is 18.0. The number of hydrogen-bond acceptors (Lipinski definition) is 27. The summed E-state index contributed by atoms with van der Waals surface area (Å²) in [5.41, 5.74) is 11.3. The molecule has 2 aromatic carbocycles. The quantitative estimate of drug-likeness (QED) is 0.00778. The average molecular weight is 1900 g/mol. The summed E-state index contributed by atoms with van der Waals surface area (Å²) in [5, 5.41) is 17.4. The summed E-state index contributed by atoms with van der Waals surface area (Å²) < 4.78 is 88.9. The minimum absolute atomic E-state index is 0. The van der Waals surface area contributed by atoms with Crippen molar-refractivity contribution in [1.82, 2.24) is 25.6 Å². The number of esters is 6. The van der Waals surface area contributed by atoms with Crippen LogP contribution in [-0.4, -0.2) is 208 Å². The number of ether oxygens (including phenoxy) is 16. The number of nitrogens with one attached hydrogen (secondary N) is 2. The Kier molecular flexibility index (Phi) is 68.9. The number of terminal acetylenes is 5. The van der Waals surface area contributed by atoms with E-state index in [0.717, 1.165) is 56.2 Å². The molecule has 4 fully saturated rings. The van der Waals surface area contributed by atoms with Gasteiger partial charge in [-0.15, -0.1) is 43.1 Å². The molecule has 2 amide bonds. The minimum Gasteiger partial charge on any atom is -0.542 e. The zero-order valence-corrected chi connectivity index (χ0v) is 80.8. The maximum atomic E-state index is 11.3. The number of amides is 2. The van der Waals surface area contributed by atoms with Crippen LogP contribution in [0.4, 0.5) is 0 Å². The number of carbonyl (C=O) groups is 8. The number of unbranched alkanes of at least 4 members (excludes halogenated alkanes) is 7. The van der Waals surface area contributed by atoms with E-state index in [1.165, 1.54) is 106 Å². The molecule has 2 N–H and O–H groups in total. The molecule has 2 unspecified atom stereocenters. The van der Waals surface area contributed by atoms with Crippen molar-refractivity contribution in [3.63, 3.8) is 0 Å². The van der Waals surface area contributed by atoms with Crippen LogP contribution in [0.5, 0.6) is 0 Å². The van der Waals surface area contributed by atoms with Gasteiger partial charge in [-0.2, -0.15) is 26.1 Å². The molecule has 688 valence electrons. The summed E-state index contributed by atoms with van der Waals surface area (Å²) in [6.45, 7) is 34.9. The molecule has 34 heteroatoms. The molecule has 4 aliphatic rings. The van der Waals surface area contributed by atoms with Gasteiger partial charge in [-0.25, -0.2) is 4.68 Å². The zero-order valence-electron chi connectivity index (χ0n) is 75.2.